The SMILES string of the molecule is COc1ccc(C(=O)NCCc2cnc[nH]2)cc1N(CC=C(C)CCC=C(C)C)CC=C(C)CCC=C(C)C. The topological polar surface area (TPSA) is 70.2 Å². The molecule has 1 aromatic carbocycles. The highest BCUT2D eigenvalue weighted by Gasteiger charge is 2.15. The van der Waals surface area contributed by atoms with E-state index in [1.807, 2.05) is 18.2 Å². The second-order valence-corrected chi connectivity index (χ2v) is 10.6. The van der Waals surface area contributed by atoms with E-state index < -0.39 is 0 Å². The minimum atomic E-state index is -0.0970. The Hall–Kier alpha value is -3.54. The Balaban J connectivity index is 2.24. The molecule has 0 unspecified atom stereocenters. The van der Waals surface area contributed by atoms with Gasteiger partial charge in [0.15, 0.2) is 0 Å². The average molecular weight is 533 g/mol. The largest absolute Gasteiger partial charge is 0.495 e. The van der Waals surface area contributed by atoms with Gasteiger partial charge in [0, 0.05) is 43.5 Å². The number of amides is 1. The van der Waals surface area contributed by atoms with E-state index in [1.54, 1.807) is 19.6 Å². The molecule has 1 heterocycles. The highest BCUT2D eigenvalue weighted by Crippen LogP contribution is 2.30. The van der Waals surface area contributed by atoms with Gasteiger partial charge in [-0.3, -0.25) is 4.79 Å². The van der Waals surface area contributed by atoms with Crippen molar-refractivity contribution in [3.63, 3.8) is 0 Å². The van der Waals surface area contributed by atoms with Crippen LogP contribution < -0.4 is 15.0 Å². The number of H-pyrrole nitrogens is 1. The number of aromatic nitrogens is 2. The fourth-order valence-corrected chi connectivity index (χ4v) is 4.10. The molecule has 0 aliphatic heterocycles. The normalized spacial score (nSPS) is 11.7. The summed E-state index contributed by atoms with van der Waals surface area (Å²) in [5, 5.41) is 3.02. The number of imidazole rings is 1. The molecule has 0 saturated carbocycles. The summed E-state index contributed by atoms with van der Waals surface area (Å²) in [6.45, 7) is 14.9. The van der Waals surface area contributed by atoms with Gasteiger partial charge in [-0.25, -0.2) is 4.98 Å². The number of carbonyl (C=O) groups excluding carboxylic acids is 1. The summed E-state index contributed by atoms with van der Waals surface area (Å²) in [6, 6.07) is 5.67. The lowest BCUT2D eigenvalue weighted by Crippen LogP contribution is -2.27. The number of nitrogens with one attached hydrogen (secondary N) is 2. The van der Waals surface area contributed by atoms with Crippen molar-refractivity contribution in [3.8, 4) is 5.75 Å². The summed E-state index contributed by atoms with van der Waals surface area (Å²) in [4.78, 5) is 22.4. The summed E-state index contributed by atoms with van der Waals surface area (Å²) in [5.74, 6) is 0.662. The van der Waals surface area contributed by atoms with Crippen molar-refractivity contribution >= 4 is 11.6 Å². The van der Waals surface area contributed by atoms with Gasteiger partial charge in [-0.05, 0) is 85.4 Å². The predicted octanol–water partition coefficient (Wildman–Crippen LogP) is 7.58. The molecule has 0 spiro atoms. The first-order chi connectivity index (χ1) is 18.7. The first kappa shape index (κ1) is 31.7. The summed E-state index contributed by atoms with van der Waals surface area (Å²) in [7, 11) is 1.68. The van der Waals surface area contributed by atoms with Crippen LogP contribution in [0.1, 0.15) is 83.3 Å². The number of hydrogen-bond acceptors (Lipinski definition) is 4. The van der Waals surface area contributed by atoms with E-state index in [9.17, 15) is 4.79 Å². The number of allylic oxidation sites excluding steroid dienone is 6. The Labute approximate surface area is 236 Å². The highest BCUT2D eigenvalue weighted by atomic mass is 16.5. The third kappa shape index (κ3) is 12.2. The number of carbonyl (C=O) groups is 1. The molecule has 39 heavy (non-hydrogen) atoms. The third-order valence-corrected chi connectivity index (χ3v) is 6.52. The molecule has 1 aromatic heterocycles. The number of ether oxygens (including phenoxy) is 1. The molecule has 6 nitrogen and oxygen atoms in total. The molecular weight excluding hydrogens is 484 g/mol. The molecular formula is C33H48N4O2. The molecule has 0 saturated heterocycles. The second kappa shape index (κ2) is 17.1. The van der Waals surface area contributed by atoms with Crippen LogP contribution in [0.4, 0.5) is 5.69 Å². The van der Waals surface area contributed by atoms with Crippen LogP contribution in [0.3, 0.4) is 0 Å². The first-order valence-electron chi connectivity index (χ1n) is 14.0. The Kier molecular flexibility index (Phi) is 13.9. The molecule has 0 bridgehead atoms. The van der Waals surface area contributed by atoms with Gasteiger partial charge in [-0.1, -0.05) is 46.6 Å². The van der Waals surface area contributed by atoms with Crippen molar-refractivity contribution in [2.24, 2.45) is 0 Å². The van der Waals surface area contributed by atoms with Crippen molar-refractivity contribution in [1.29, 1.82) is 0 Å². The van der Waals surface area contributed by atoms with Crippen LogP contribution in [0.2, 0.25) is 0 Å². The monoisotopic (exact) mass is 532 g/mol. The number of methoxy groups -OCH3 is 1. The van der Waals surface area contributed by atoms with Crippen molar-refractivity contribution < 1.29 is 9.53 Å². The van der Waals surface area contributed by atoms with E-state index in [0.29, 0.717) is 18.5 Å². The Morgan fingerprint density at radius 2 is 1.56 bits per heavy atom. The fraction of sp³-hybridized carbons (Fsp3) is 0.455. The lowest BCUT2D eigenvalue weighted by atomic mass is 10.1. The van der Waals surface area contributed by atoms with Gasteiger partial charge in [-0.15, -0.1) is 0 Å². The van der Waals surface area contributed by atoms with Crippen molar-refractivity contribution in [2.75, 3.05) is 31.6 Å². The quantitative estimate of drug-likeness (QED) is 0.219. The van der Waals surface area contributed by atoms with E-state index in [1.165, 1.54) is 22.3 Å². The summed E-state index contributed by atoms with van der Waals surface area (Å²) < 4.78 is 5.75. The van der Waals surface area contributed by atoms with Crippen molar-refractivity contribution in [3.05, 3.63) is 88.6 Å². The van der Waals surface area contributed by atoms with Gasteiger partial charge in [0.05, 0.1) is 19.1 Å². The zero-order chi connectivity index (χ0) is 28.6. The highest BCUT2D eigenvalue weighted by molar-refractivity contribution is 5.95. The molecule has 2 N–H and O–H groups in total. The minimum Gasteiger partial charge on any atom is -0.495 e. The van der Waals surface area contributed by atoms with Crippen LogP contribution in [0.25, 0.3) is 0 Å². The van der Waals surface area contributed by atoms with Gasteiger partial charge >= 0.3 is 0 Å². The third-order valence-electron chi connectivity index (χ3n) is 6.52. The van der Waals surface area contributed by atoms with Crippen LogP contribution in [-0.4, -0.2) is 42.6 Å². The number of nitrogens with zero attached hydrogens (tertiary/aromatic N) is 2. The van der Waals surface area contributed by atoms with E-state index in [4.69, 9.17) is 4.74 Å². The van der Waals surface area contributed by atoms with Gasteiger partial charge in [-0.2, -0.15) is 0 Å². The van der Waals surface area contributed by atoms with Gasteiger partial charge in [0.2, 0.25) is 0 Å². The standard InChI is InChI=1S/C33H48N4O2/c1-25(2)10-8-12-27(5)17-20-37(21-18-28(6)13-9-11-26(3)4)31-22-29(14-15-32(31)39-7)33(38)35-19-16-30-23-34-24-36-30/h10-11,14-15,17-18,22-24H,8-9,12-13,16,19-21H2,1-7H3,(H,34,36)(H,35,38). The molecule has 6 heteroatoms. The lowest BCUT2D eigenvalue weighted by Gasteiger charge is -2.25. The van der Waals surface area contributed by atoms with Gasteiger partial charge < -0.3 is 19.9 Å². The van der Waals surface area contributed by atoms with Gasteiger partial charge in [0.25, 0.3) is 5.91 Å². The molecule has 0 aliphatic carbocycles. The van der Waals surface area contributed by atoms with Crippen LogP contribution in [0.5, 0.6) is 5.75 Å². The molecule has 0 atom stereocenters. The molecule has 0 fully saturated rings. The van der Waals surface area contributed by atoms with Gasteiger partial charge in [0.1, 0.15) is 5.75 Å². The zero-order valence-corrected chi connectivity index (χ0v) is 25.1. The Morgan fingerprint density at radius 3 is 2.08 bits per heavy atom. The maximum Gasteiger partial charge on any atom is 0.251 e. The van der Waals surface area contributed by atoms with Crippen LogP contribution in [0.15, 0.2) is 77.3 Å². The van der Waals surface area contributed by atoms with Crippen molar-refractivity contribution in [2.45, 2.75) is 73.6 Å². The summed E-state index contributed by atoms with van der Waals surface area (Å²) in [6.07, 6.45) is 17.4. The number of rotatable bonds is 16. The molecule has 212 valence electrons. The van der Waals surface area contributed by atoms with Crippen LogP contribution in [0, 0.1) is 0 Å². The maximum atomic E-state index is 13.0. The molecule has 2 rings (SSSR count). The fourth-order valence-electron chi connectivity index (χ4n) is 4.10. The molecule has 1 amide bonds. The van der Waals surface area contributed by atoms with E-state index in [-0.39, 0.29) is 5.91 Å². The van der Waals surface area contributed by atoms with E-state index in [2.05, 4.69) is 86.0 Å². The molecule has 0 radical (unpaired) electrons. The summed E-state index contributed by atoms with van der Waals surface area (Å²) in [5.41, 5.74) is 7.94. The van der Waals surface area contributed by atoms with E-state index >= 15 is 0 Å². The van der Waals surface area contributed by atoms with Crippen LogP contribution >= 0.6 is 0 Å². The lowest BCUT2D eigenvalue weighted by molar-refractivity contribution is 0.0954. The number of aromatic amines is 1. The maximum absolute atomic E-state index is 13.0. The Bertz CT molecular complexity index is 1110. The number of benzene rings is 1. The Morgan fingerprint density at radius 1 is 0.949 bits per heavy atom. The van der Waals surface area contributed by atoms with Crippen molar-refractivity contribution in [1.82, 2.24) is 15.3 Å². The first-order valence-corrected chi connectivity index (χ1v) is 14.0. The zero-order valence-electron chi connectivity index (χ0n) is 25.1. The average Bonchev–Trinajstić information content (AvgIpc) is 3.41. The molecule has 0 aliphatic rings. The summed E-state index contributed by atoms with van der Waals surface area (Å²) >= 11 is 0. The smallest absolute Gasteiger partial charge is 0.251 e. The second-order valence-electron chi connectivity index (χ2n) is 10.6. The molecule has 2 aromatic rings. The number of hydrogen-bond donors (Lipinski definition) is 2. The van der Waals surface area contributed by atoms with Crippen LogP contribution in [-0.2, 0) is 6.42 Å². The number of anilines is 1. The predicted molar refractivity (Wildman–Crippen MR) is 165 cm³/mol. The minimum absolute atomic E-state index is 0.0970. The van der Waals surface area contributed by atoms with E-state index in [0.717, 1.165) is 55.9 Å².